The van der Waals surface area contributed by atoms with Crippen LogP contribution < -0.4 is 5.32 Å². The molecule has 0 radical (unpaired) electrons. The molecular formula is C16H21FN2O5S. The van der Waals surface area contributed by atoms with Crippen molar-refractivity contribution in [3.8, 4) is 0 Å². The third-order valence-electron chi connectivity index (χ3n) is 3.14. The van der Waals surface area contributed by atoms with Gasteiger partial charge in [0.15, 0.2) is 0 Å². The lowest BCUT2D eigenvalue weighted by molar-refractivity contribution is -0.144. The number of carboxylic acid groups (broad SMARTS) is 1. The molecule has 0 aliphatic heterocycles. The van der Waals surface area contributed by atoms with Crippen LogP contribution in [0.5, 0.6) is 0 Å². The topological polar surface area (TPSA) is 95.9 Å². The quantitative estimate of drug-likeness (QED) is 0.645. The van der Waals surface area contributed by atoms with Gasteiger partial charge in [-0.15, -0.1) is 11.8 Å². The Labute approximate surface area is 149 Å². The molecule has 0 bridgehead atoms. The maximum absolute atomic E-state index is 12.8. The summed E-state index contributed by atoms with van der Waals surface area (Å²) in [6.07, 6.45) is 0. The number of hydrogen-bond acceptors (Lipinski definition) is 5. The molecule has 0 saturated carbocycles. The van der Waals surface area contributed by atoms with Crippen LogP contribution in [-0.4, -0.2) is 65.6 Å². The van der Waals surface area contributed by atoms with E-state index >= 15 is 0 Å². The normalized spacial score (nSPS) is 11.6. The number of methoxy groups -OCH3 is 1. The number of carbonyl (C=O) groups is 3. The van der Waals surface area contributed by atoms with Gasteiger partial charge in [-0.25, -0.2) is 4.39 Å². The van der Waals surface area contributed by atoms with E-state index in [9.17, 15) is 18.8 Å². The first kappa shape index (κ1) is 20.9. The Balaban J connectivity index is 2.50. The lowest BCUT2D eigenvalue weighted by atomic mass is 10.3. The first-order chi connectivity index (χ1) is 11.8. The van der Waals surface area contributed by atoms with Crippen LogP contribution in [0.25, 0.3) is 0 Å². The van der Waals surface area contributed by atoms with Crippen molar-refractivity contribution in [1.82, 2.24) is 4.90 Å². The monoisotopic (exact) mass is 372 g/mol. The maximum Gasteiger partial charge on any atom is 0.323 e. The molecule has 9 heteroatoms. The Hall–Kier alpha value is -2.13. The summed E-state index contributed by atoms with van der Waals surface area (Å²) in [7, 11) is 1.46. The molecule has 0 heterocycles. The van der Waals surface area contributed by atoms with Crippen LogP contribution in [0, 0.1) is 5.82 Å². The smallest absolute Gasteiger partial charge is 0.323 e. The highest BCUT2D eigenvalue weighted by atomic mass is 32.2. The lowest BCUT2D eigenvalue weighted by Gasteiger charge is -2.23. The van der Waals surface area contributed by atoms with E-state index < -0.39 is 23.6 Å². The number of nitrogens with one attached hydrogen (secondary N) is 1. The summed E-state index contributed by atoms with van der Waals surface area (Å²) in [5.74, 6) is -2.22. The number of benzene rings is 1. The first-order valence-corrected chi connectivity index (χ1v) is 8.55. The molecule has 2 N–H and O–H groups in total. The number of anilines is 1. The first-order valence-electron chi connectivity index (χ1n) is 7.50. The average molecular weight is 372 g/mol. The van der Waals surface area contributed by atoms with Crippen molar-refractivity contribution in [2.75, 3.05) is 37.9 Å². The van der Waals surface area contributed by atoms with Gasteiger partial charge in [0.05, 0.1) is 17.6 Å². The fourth-order valence-corrected chi connectivity index (χ4v) is 2.66. The molecule has 0 saturated heterocycles. The molecule has 1 aromatic rings. The van der Waals surface area contributed by atoms with Crippen molar-refractivity contribution < 1.29 is 28.6 Å². The Morgan fingerprint density at radius 1 is 1.32 bits per heavy atom. The van der Waals surface area contributed by atoms with Gasteiger partial charge in [0.25, 0.3) is 0 Å². The molecule has 0 aromatic heterocycles. The number of nitrogens with zero attached hydrogens (tertiary/aromatic N) is 1. The molecule has 1 unspecified atom stereocenters. The fourth-order valence-electron chi connectivity index (χ4n) is 1.89. The SMILES string of the molecule is COCCN(CC(=O)O)C(=O)C(C)SCC(=O)Nc1ccc(F)cc1. The number of rotatable bonds is 10. The van der Waals surface area contributed by atoms with Gasteiger partial charge < -0.3 is 20.1 Å². The number of ether oxygens (including phenoxy) is 1. The van der Waals surface area contributed by atoms with Crippen molar-refractivity contribution in [3.05, 3.63) is 30.1 Å². The molecular weight excluding hydrogens is 351 g/mol. The van der Waals surface area contributed by atoms with Gasteiger partial charge in [-0.3, -0.25) is 14.4 Å². The van der Waals surface area contributed by atoms with E-state index in [0.29, 0.717) is 5.69 Å². The summed E-state index contributed by atoms with van der Waals surface area (Å²) in [6, 6.07) is 5.33. The summed E-state index contributed by atoms with van der Waals surface area (Å²) in [4.78, 5) is 36.2. The van der Waals surface area contributed by atoms with Crippen LogP contribution in [0.2, 0.25) is 0 Å². The minimum atomic E-state index is -1.12. The van der Waals surface area contributed by atoms with Gasteiger partial charge >= 0.3 is 5.97 Å². The number of carbonyl (C=O) groups excluding carboxylic acids is 2. The Bertz CT molecular complexity index is 597. The minimum Gasteiger partial charge on any atom is -0.480 e. The van der Waals surface area contributed by atoms with Gasteiger partial charge in [0.1, 0.15) is 12.4 Å². The van der Waals surface area contributed by atoms with E-state index in [1.54, 1.807) is 6.92 Å². The molecule has 0 aliphatic rings. The Morgan fingerprint density at radius 3 is 2.52 bits per heavy atom. The third-order valence-corrected chi connectivity index (χ3v) is 4.27. The zero-order valence-corrected chi connectivity index (χ0v) is 14.8. The van der Waals surface area contributed by atoms with Crippen LogP contribution in [-0.2, 0) is 19.1 Å². The summed E-state index contributed by atoms with van der Waals surface area (Å²) in [5.41, 5.74) is 0.457. The average Bonchev–Trinajstić information content (AvgIpc) is 2.57. The number of hydrogen-bond donors (Lipinski definition) is 2. The second kappa shape index (κ2) is 10.7. The van der Waals surface area contributed by atoms with E-state index in [0.717, 1.165) is 11.8 Å². The van der Waals surface area contributed by atoms with E-state index in [2.05, 4.69) is 5.32 Å². The van der Waals surface area contributed by atoms with Crippen molar-refractivity contribution in [1.29, 1.82) is 0 Å². The number of carboxylic acids is 1. The molecule has 25 heavy (non-hydrogen) atoms. The summed E-state index contributed by atoms with van der Waals surface area (Å²) < 4.78 is 17.7. The Kier molecular flexibility index (Phi) is 8.93. The predicted molar refractivity (Wildman–Crippen MR) is 93.0 cm³/mol. The summed E-state index contributed by atoms with van der Waals surface area (Å²) >= 11 is 1.09. The molecule has 7 nitrogen and oxygen atoms in total. The van der Waals surface area contributed by atoms with Crippen LogP contribution in [0.15, 0.2) is 24.3 Å². The predicted octanol–water partition coefficient (Wildman–Crippen LogP) is 1.45. The molecule has 0 spiro atoms. The van der Waals surface area contributed by atoms with Gasteiger partial charge in [0, 0.05) is 19.3 Å². The second-order valence-electron chi connectivity index (χ2n) is 5.15. The minimum absolute atomic E-state index is 0.00940. The molecule has 0 fully saturated rings. The van der Waals surface area contributed by atoms with E-state index in [-0.39, 0.29) is 30.7 Å². The molecule has 1 aromatic carbocycles. The zero-order chi connectivity index (χ0) is 18.8. The maximum atomic E-state index is 12.8. The van der Waals surface area contributed by atoms with E-state index in [1.165, 1.54) is 36.3 Å². The van der Waals surface area contributed by atoms with Crippen molar-refractivity contribution >= 4 is 35.2 Å². The van der Waals surface area contributed by atoms with Gasteiger partial charge in [-0.05, 0) is 31.2 Å². The van der Waals surface area contributed by atoms with Crippen LogP contribution >= 0.6 is 11.8 Å². The number of aliphatic carboxylic acids is 1. The lowest BCUT2D eigenvalue weighted by Crippen LogP contribution is -2.42. The van der Waals surface area contributed by atoms with Crippen molar-refractivity contribution in [3.63, 3.8) is 0 Å². The second-order valence-corrected chi connectivity index (χ2v) is 6.48. The zero-order valence-electron chi connectivity index (χ0n) is 14.0. The summed E-state index contributed by atoms with van der Waals surface area (Å²) in [5, 5.41) is 10.9. The third kappa shape index (κ3) is 7.99. The van der Waals surface area contributed by atoms with Crippen molar-refractivity contribution in [2.45, 2.75) is 12.2 Å². The Morgan fingerprint density at radius 2 is 1.96 bits per heavy atom. The molecule has 138 valence electrons. The fraction of sp³-hybridized carbons (Fsp3) is 0.438. The number of amides is 2. The number of thioether (sulfide) groups is 1. The van der Waals surface area contributed by atoms with Gasteiger partial charge in [-0.2, -0.15) is 0 Å². The molecule has 1 atom stereocenters. The van der Waals surface area contributed by atoms with Crippen LogP contribution in [0.1, 0.15) is 6.92 Å². The van der Waals surface area contributed by atoms with E-state index in [4.69, 9.17) is 9.84 Å². The molecule has 1 rings (SSSR count). The highest BCUT2D eigenvalue weighted by Gasteiger charge is 2.23. The van der Waals surface area contributed by atoms with Gasteiger partial charge in [-0.1, -0.05) is 0 Å². The summed E-state index contributed by atoms with van der Waals surface area (Å²) in [6.45, 7) is 1.57. The highest BCUT2D eigenvalue weighted by molar-refractivity contribution is 8.01. The van der Waals surface area contributed by atoms with Crippen LogP contribution in [0.4, 0.5) is 10.1 Å². The van der Waals surface area contributed by atoms with E-state index in [1.807, 2.05) is 0 Å². The largest absolute Gasteiger partial charge is 0.480 e. The van der Waals surface area contributed by atoms with Crippen LogP contribution in [0.3, 0.4) is 0 Å². The van der Waals surface area contributed by atoms with Gasteiger partial charge in [0.2, 0.25) is 11.8 Å². The molecule has 0 aliphatic carbocycles. The van der Waals surface area contributed by atoms with Crippen molar-refractivity contribution in [2.24, 2.45) is 0 Å². The molecule has 2 amide bonds. The number of halogens is 1. The standard InChI is InChI=1S/C16H21FN2O5S/c1-11(16(23)19(7-8-24-2)9-15(21)22)25-10-14(20)18-13-5-3-12(17)4-6-13/h3-6,11H,7-10H2,1-2H3,(H,18,20)(H,21,22). The highest BCUT2D eigenvalue weighted by Crippen LogP contribution is 2.15.